The lowest BCUT2D eigenvalue weighted by molar-refractivity contribution is -0.384. The lowest BCUT2D eigenvalue weighted by Crippen LogP contribution is -2.30. The Bertz CT molecular complexity index is 1210. The Morgan fingerprint density at radius 1 is 1.20 bits per heavy atom. The maximum atomic E-state index is 12.7. The van der Waals surface area contributed by atoms with E-state index in [1.807, 2.05) is 31.2 Å². The molecule has 1 heterocycles. The van der Waals surface area contributed by atoms with E-state index >= 15 is 0 Å². The summed E-state index contributed by atoms with van der Waals surface area (Å²) in [4.78, 5) is 14.0. The van der Waals surface area contributed by atoms with Crippen LogP contribution in [0.5, 0.6) is 0 Å². The fourth-order valence-electron chi connectivity index (χ4n) is 3.26. The minimum absolute atomic E-state index is 0.104. The molecule has 0 bridgehead atoms. The maximum Gasteiger partial charge on any atom is 0.295 e. The summed E-state index contributed by atoms with van der Waals surface area (Å²) in [6.45, 7) is 5.90. The summed E-state index contributed by atoms with van der Waals surface area (Å²) in [6.07, 6.45) is 1.58. The van der Waals surface area contributed by atoms with Gasteiger partial charge in [0.15, 0.2) is 0 Å². The third-order valence-electron chi connectivity index (χ3n) is 4.83. The molecule has 0 fully saturated rings. The fourth-order valence-corrected chi connectivity index (χ4v) is 4.74. The van der Waals surface area contributed by atoms with E-state index in [1.54, 1.807) is 20.1 Å². The highest BCUT2D eigenvalue weighted by atomic mass is 32.2. The van der Waals surface area contributed by atoms with Gasteiger partial charge in [-0.25, -0.2) is 8.42 Å². The number of H-pyrrole nitrogens is 1. The van der Waals surface area contributed by atoms with Crippen molar-refractivity contribution in [3.8, 4) is 0 Å². The Morgan fingerprint density at radius 2 is 1.90 bits per heavy atom. The highest BCUT2D eigenvalue weighted by molar-refractivity contribution is 7.89. The Balaban J connectivity index is 1.92. The highest BCUT2D eigenvalue weighted by Crippen LogP contribution is 2.29. The second kappa shape index (κ2) is 8.64. The minimum Gasteiger partial charge on any atom is -0.358 e. The Labute approximate surface area is 174 Å². The predicted molar refractivity (Wildman–Crippen MR) is 117 cm³/mol. The number of nitrogens with zero attached hydrogens (tertiary/aromatic N) is 3. The van der Waals surface area contributed by atoms with Gasteiger partial charge in [0.05, 0.1) is 16.0 Å². The van der Waals surface area contributed by atoms with Crippen LogP contribution >= 0.6 is 0 Å². The number of hydrogen-bond acceptors (Lipinski definition) is 6. The molecule has 0 atom stereocenters. The number of aromatic amines is 1. The van der Waals surface area contributed by atoms with Crippen LogP contribution in [-0.4, -0.2) is 41.9 Å². The Morgan fingerprint density at radius 3 is 2.57 bits per heavy atom. The van der Waals surface area contributed by atoms with Crippen molar-refractivity contribution in [2.75, 3.05) is 18.5 Å². The number of hydrogen-bond donors (Lipinski definition) is 2. The van der Waals surface area contributed by atoms with Gasteiger partial charge in [-0.3, -0.25) is 15.5 Å². The quantitative estimate of drug-likeness (QED) is 0.320. The van der Waals surface area contributed by atoms with Gasteiger partial charge in [-0.15, -0.1) is 0 Å². The molecule has 0 aliphatic heterocycles. The SMILES string of the molecule is CCN(CC)S(=O)(=O)c1ccc(N/N=C\c2c(C)[nH]c3ccccc23)c([N+](=O)[O-])c1. The average molecular weight is 430 g/mol. The first-order valence-corrected chi connectivity index (χ1v) is 10.9. The van der Waals surface area contributed by atoms with E-state index in [0.29, 0.717) is 0 Å². The molecule has 0 radical (unpaired) electrons. The molecule has 2 N–H and O–H groups in total. The second-order valence-electron chi connectivity index (χ2n) is 6.60. The first kappa shape index (κ1) is 21.5. The predicted octanol–water partition coefficient (Wildman–Crippen LogP) is 3.86. The van der Waals surface area contributed by atoms with Crippen molar-refractivity contribution in [3.63, 3.8) is 0 Å². The van der Waals surface area contributed by atoms with E-state index in [4.69, 9.17) is 0 Å². The van der Waals surface area contributed by atoms with Crippen molar-refractivity contribution in [3.05, 3.63) is 63.8 Å². The Hall–Kier alpha value is -3.24. The molecule has 3 aromatic rings. The molecule has 1 aromatic heterocycles. The number of nitro groups is 1. The van der Waals surface area contributed by atoms with Crippen LogP contribution in [0.4, 0.5) is 11.4 Å². The molecular weight excluding hydrogens is 406 g/mol. The molecule has 0 saturated heterocycles. The molecule has 0 saturated carbocycles. The number of anilines is 1. The number of rotatable bonds is 8. The van der Waals surface area contributed by atoms with Gasteiger partial charge in [0.25, 0.3) is 5.69 Å². The van der Waals surface area contributed by atoms with Crippen molar-refractivity contribution in [1.29, 1.82) is 0 Å². The lowest BCUT2D eigenvalue weighted by Gasteiger charge is -2.18. The van der Waals surface area contributed by atoms with Crippen molar-refractivity contribution in [1.82, 2.24) is 9.29 Å². The maximum absolute atomic E-state index is 12.7. The van der Waals surface area contributed by atoms with Gasteiger partial charge in [-0.2, -0.15) is 9.41 Å². The zero-order chi connectivity index (χ0) is 21.9. The van der Waals surface area contributed by atoms with E-state index in [0.717, 1.165) is 28.2 Å². The largest absolute Gasteiger partial charge is 0.358 e. The van der Waals surface area contributed by atoms with Gasteiger partial charge in [0.1, 0.15) is 5.69 Å². The van der Waals surface area contributed by atoms with Gasteiger partial charge < -0.3 is 4.98 Å². The number of fused-ring (bicyclic) bond motifs is 1. The first-order valence-electron chi connectivity index (χ1n) is 9.44. The van der Waals surface area contributed by atoms with E-state index < -0.39 is 14.9 Å². The lowest BCUT2D eigenvalue weighted by atomic mass is 10.1. The summed E-state index contributed by atoms with van der Waals surface area (Å²) < 4.78 is 26.6. The average Bonchev–Trinajstić information content (AvgIpc) is 3.04. The van der Waals surface area contributed by atoms with Gasteiger partial charge in [0.2, 0.25) is 10.0 Å². The summed E-state index contributed by atoms with van der Waals surface area (Å²) in [5.41, 5.74) is 5.15. The van der Waals surface area contributed by atoms with Gasteiger partial charge in [-0.1, -0.05) is 32.0 Å². The number of para-hydroxylation sites is 1. The summed E-state index contributed by atoms with van der Waals surface area (Å²) in [7, 11) is -3.80. The zero-order valence-corrected chi connectivity index (χ0v) is 17.7. The van der Waals surface area contributed by atoms with Crippen LogP contribution in [0.15, 0.2) is 52.5 Å². The van der Waals surface area contributed by atoms with E-state index in [9.17, 15) is 18.5 Å². The molecule has 0 aliphatic rings. The fraction of sp³-hybridized carbons (Fsp3) is 0.250. The van der Waals surface area contributed by atoms with Crippen LogP contribution < -0.4 is 5.43 Å². The second-order valence-corrected chi connectivity index (χ2v) is 8.54. The number of nitrogens with one attached hydrogen (secondary N) is 2. The highest BCUT2D eigenvalue weighted by Gasteiger charge is 2.25. The number of aromatic nitrogens is 1. The molecule has 9 nitrogen and oxygen atoms in total. The molecule has 0 aliphatic carbocycles. The molecule has 0 unspecified atom stereocenters. The molecule has 0 amide bonds. The van der Waals surface area contributed by atoms with E-state index in [1.165, 1.54) is 16.4 Å². The molecule has 158 valence electrons. The molecule has 10 heteroatoms. The van der Waals surface area contributed by atoms with Crippen molar-refractivity contribution in [2.45, 2.75) is 25.7 Å². The van der Waals surface area contributed by atoms with Crippen LogP contribution in [0, 0.1) is 17.0 Å². The number of nitro benzene ring substituents is 1. The van der Waals surface area contributed by atoms with Crippen molar-refractivity contribution in [2.24, 2.45) is 5.10 Å². The molecule has 0 spiro atoms. The number of hydrazone groups is 1. The molecular formula is C20H23N5O4S. The van der Waals surface area contributed by atoms with Crippen molar-refractivity contribution >= 4 is 38.5 Å². The van der Waals surface area contributed by atoms with E-state index in [2.05, 4.69) is 15.5 Å². The van der Waals surface area contributed by atoms with Crippen LogP contribution in [0.1, 0.15) is 25.1 Å². The third kappa shape index (κ3) is 4.05. The summed E-state index contributed by atoms with van der Waals surface area (Å²) in [6, 6.07) is 11.5. The summed E-state index contributed by atoms with van der Waals surface area (Å²) in [5, 5.41) is 16.7. The summed E-state index contributed by atoms with van der Waals surface area (Å²) in [5.74, 6) is 0. The number of sulfonamides is 1. The standard InChI is InChI=1S/C20H23N5O4S/c1-4-24(5-2)30(28,29)15-10-11-19(20(12-15)25(26)27)23-21-13-17-14(3)22-18-9-7-6-8-16(17)18/h6-13,22-23H,4-5H2,1-3H3/b21-13-. The van der Waals surface area contributed by atoms with Gasteiger partial charge in [-0.05, 0) is 25.1 Å². The smallest absolute Gasteiger partial charge is 0.295 e. The Kier molecular flexibility index (Phi) is 6.18. The van der Waals surface area contributed by atoms with Crippen LogP contribution in [0.3, 0.4) is 0 Å². The molecule has 2 aromatic carbocycles. The van der Waals surface area contributed by atoms with E-state index in [-0.39, 0.29) is 29.4 Å². The number of aryl methyl sites for hydroxylation is 1. The molecule has 3 rings (SSSR count). The van der Waals surface area contributed by atoms with Crippen LogP contribution in [-0.2, 0) is 10.0 Å². The van der Waals surface area contributed by atoms with Gasteiger partial charge >= 0.3 is 0 Å². The van der Waals surface area contributed by atoms with Gasteiger partial charge in [0, 0.05) is 41.3 Å². The first-order chi connectivity index (χ1) is 14.3. The topological polar surface area (TPSA) is 121 Å². The van der Waals surface area contributed by atoms with Crippen molar-refractivity contribution < 1.29 is 13.3 Å². The minimum atomic E-state index is -3.80. The van der Waals surface area contributed by atoms with Crippen LogP contribution in [0.2, 0.25) is 0 Å². The van der Waals surface area contributed by atoms with Crippen LogP contribution in [0.25, 0.3) is 10.9 Å². The summed E-state index contributed by atoms with van der Waals surface area (Å²) >= 11 is 0. The normalized spacial score (nSPS) is 12.1. The number of benzene rings is 2. The third-order valence-corrected chi connectivity index (χ3v) is 6.88. The molecule has 30 heavy (non-hydrogen) atoms. The monoisotopic (exact) mass is 429 g/mol. The zero-order valence-electron chi connectivity index (χ0n) is 16.9.